The molecular weight excluding hydrogens is 775 g/mol. The van der Waals surface area contributed by atoms with Gasteiger partial charge >= 0.3 is 0 Å². The topological polar surface area (TPSA) is 16.4 Å². The van der Waals surface area contributed by atoms with E-state index in [0.29, 0.717) is 0 Å². The quantitative estimate of drug-likeness (QED) is 0.142. The number of nitrogens with zero attached hydrogens (tertiary/aromatic N) is 1. The lowest BCUT2D eigenvalue weighted by atomic mass is 9.97. The SMILES string of the molecule is c1cc(-c2ccc(-c3ccc(N(c4ccc(-c5ccc6c(ccc7ccccc76)c5)cc4)c4ccc(-c5cccc6ccccc56)cc4)cc3)cc2)cc(-c2cc3ccccc3o2)c1. The van der Waals surface area contributed by atoms with Gasteiger partial charge in [-0.3, -0.25) is 0 Å². The first kappa shape index (κ1) is 37.3. The van der Waals surface area contributed by atoms with Gasteiger partial charge in [0.05, 0.1) is 0 Å². The molecule has 0 radical (unpaired) electrons. The fraction of sp³-hybridized carbons (Fsp3) is 0. The first-order valence-corrected chi connectivity index (χ1v) is 21.9. The number of rotatable bonds is 8. The van der Waals surface area contributed by atoms with Crippen LogP contribution in [0, 0.1) is 0 Å². The zero-order valence-electron chi connectivity index (χ0n) is 35.0. The summed E-state index contributed by atoms with van der Waals surface area (Å²) in [7, 11) is 0. The Morgan fingerprint density at radius 3 is 1.38 bits per heavy atom. The van der Waals surface area contributed by atoms with Crippen molar-refractivity contribution in [1.82, 2.24) is 0 Å². The normalized spacial score (nSPS) is 11.4. The summed E-state index contributed by atoms with van der Waals surface area (Å²) in [6.07, 6.45) is 0. The summed E-state index contributed by atoms with van der Waals surface area (Å²) < 4.78 is 6.19. The molecule has 0 saturated carbocycles. The first-order chi connectivity index (χ1) is 31.7. The van der Waals surface area contributed by atoms with E-state index >= 15 is 0 Å². The van der Waals surface area contributed by atoms with Gasteiger partial charge in [0.1, 0.15) is 11.3 Å². The zero-order chi connectivity index (χ0) is 42.4. The maximum absolute atomic E-state index is 6.19. The number of hydrogen-bond donors (Lipinski definition) is 0. The van der Waals surface area contributed by atoms with Gasteiger partial charge in [0.15, 0.2) is 0 Å². The van der Waals surface area contributed by atoms with Crippen LogP contribution < -0.4 is 4.90 Å². The highest BCUT2D eigenvalue weighted by atomic mass is 16.3. The molecule has 1 heterocycles. The third kappa shape index (κ3) is 6.88. The number of anilines is 3. The molecule has 0 aliphatic rings. The molecule has 0 amide bonds. The third-order valence-electron chi connectivity index (χ3n) is 12.7. The number of benzene rings is 11. The van der Waals surface area contributed by atoms with E-state index in [1.807, 2.05) is 18.2 Å². The van der Waals surface area contributed by atoms with Crippen LogP contribution in [-0.2, 0) is 0 Å². The average Bonchev–Trinajstić information content (AvgIpc) is 3.82. The molecule has 1 aromatic heterocycles. The van der Waals surface area contributed by atoms with E-state index < -0.39 is 0 Å². The van der Waals surface area contributed by atoms with Gasteiger partial charge in [-0.2, -0.15) is 0 Å². The van der Waals surface area contributed by atoms with Crippen LogP contribution in [0.4, 0.5) is 17.1 Å². The Balaban J connectivity index is 0.861. The maximum Gasteiger partial charge on any atom is 0.135 e. The number of fused-ring (bicyclic) bond motifs is 5. The molecule has 0 aliphatic heterocycles. The second-order valence-corrected chi connectivity index (χ2v) is 16.5. The minimum atomic E-state index is 0.879. The van der Waals surface area contributed by atoms with Crippen LogP contribution in [0.1, 0.15) is 0 Å². The van der Waals surface area contributed by atoms with Crippen molar-refractivity contribution in [1.29, 1.82) is 0 Å². The maximum atomic E-state index is 6.19. The van der Waals surface area contributed by atoms with Gasteiger partial charge in [0.2, 0.25) is 0 Å². The molecule has 12 aromatic rings. The average molecular weight is 816 g/mol. The van der Waals surface area contributed by atoms with Crippen LogP contribution in [0.25, 0.3) is 99.1 Å². The molecule has 11 aromatic carbocycles. The van der Waals surface area contributed by atoms with Crippen molar-refractivity contribution in [2.75, 3.05) is 4.90 Å². The molecule has 0 aliphatic carbocycles. The fourth-order valence-corrected chi connectivity index (χ4v) is 9.34. The van der Waals surface area contributed by atoms with Crippen LogP contribution >= 0.6 is 0 Å². The molecule has 2 heteroatoms. The minimum absolute atomic E-state index is 0.879. The van der Waals surface area contributed by atoms with Crippen LogP contribution in [0.3, 0.4) is 0 Å². The summed E-state index contributed by atoms with van der Waals surface area (Å²) in [6, 6.07) is 89.7. The summed E-state index contributed by atoms with van der Waals surface area (Å²) in [5.41, 5.74) is 14.7. The minimum Gasteiger partial charge on any atom is -0.456 e. The third-order valence-corrected chi connectivity index (χ3v) is 12.7. The molecule has 0 atom stereocenters. The predicted molar refractivity (Wildman–Crippen MR) is 271 cm³/mol. The summed E-state index contributed by atoms with van der Waals surface area (Å²) >= 11 is 0. The molecular formula is C62H41NO. The van der Waals surface area contributed by atoms with Crippen molar-refractivity contribution in [3.8, 4) is 55.8 Å². The molecule has 0 fully saturated rings. The number of hydrogen-bond acceptors (Lipinski definition) is 2. The largest absolute Gasteiger partial charge is 0.456 e. The van der Waals surface area contributed by atoms with Gasteiger partial charge in [-0.05, 0) is 137 Å². The van der Waals surface area contributed by atoms with Gasteiger partial charge in [-0.25, -0.2) is 0 Å². The Bertz CT molecular complexity index is 3600. The highest BCUT2D eigenvalue weighted by molar-refractivity contribution is 6.08. The number of para-hydroxylation sites is 1. The van der Waals surface area contributed by atoms with Crippen LogP contribution in [0.5, 0.6) is 0 Å². The molecule has 0 saturated heterocycles. The van der Waals surface area contributed by atoms with Crippen molar-refractivity contribution >= 4 is 60.3 Å². The molecule has 0 spiro atoms. The molecule has 300 valence electrons. The lowest BCUT2D eigenvalue weighted by Gasteiger charge is -2.26. The van der Waals surface area contributed by atoms with Crippen molar-refractivity contribution in [2.24, 2.45) is 0 Å². The summed E-state index contributed by atoms with van der Waals surface area (Å²) in [5, 5.41) is 8.69. The van der Waals surface area contributed by atoms with E-state index in [9.17, 15) is 0 Å². The lowest BCUT2D eigenvalue weighted by Crippen LogP contribution is -2.09. The summed E-state index contributed by atoms with van der Waals surface area (Å²) in [4.78, 5) is 2.35. The van der Waals surface area contributed by atoms with E-state index in [1.54, 1.807) is 0 Å². The fourth-order valence-electron chi connectivity index (χ4n) is 9.34. The second kappa shape index (κ2) is 15.8. The van der Waals surface area contributed by atoms with Crippen molar-refractivity contribution in [3.63, 3.8) is 0 Å². The molecule has 2 nitrogen and oxygen atoms in total. The van der Waals surface area contributed by atoms with E-state index in [1.165, 1.54) is 60.1 Å². The lowest BCUT2D eigenvalue weighted by molar-refractivity contribution is 0.631. The highest BCUT2D eigenvalue weighted by Gasteiger charge is 2.15. The van der Waals surface area contributed by atoms with Gasteiger partial charge in [-0.1, -0.05) is 188 Å². The Labute approximate surface area is 372 Å². The van der Waals surface area contributed by atoms with E-state index in [2.05, 4.69) is 235 Å². The molecule has 12 rings (SSSR count). The van der Waals surface area contributed by atoms with E-state index in [-0.39, 0.29) is 0 Å². The van der Waals surface area contributed by atoms with Crippen LogP contribution in [0.15, 0.2) is 253 Å². The number of furan rings is 1. The van der Waals surface area contributed by atoms with Crippen molar-refractivity contribution in [3.05, 3.63) is 249 Å². The monoisotopic (exact) mass is 815 g/mol. The molecule has 0 bridgehead atoms. The Morgan fingerprint density at radius 2 is 0.703 bits per heavy atom. The Morgan fingerprint density at radius 1 is 0.250 bits per heavy atom. The van der Waals surface area contributed by atoms with Gasteiger partial charge in [0, 0.05) is 28.0 Å². The van der Waals surface area contributed by atoms with Gasteiger partial charge < -0.3 is 9.32 Å². The standard InChI is InChI=1S/C62H41NO/c1-4-15-57-46(9-1)12-8-17-59(57)48-29-36-56(37-30-48)63(55-34-27-45(28-35-55)50-31-38-60-51(39-50)24-23-47-10-2-5-16-58(47)60)54-32-25-43(26-33-54)42-19-21-44(22-20-42)49-13-7-14-52(40-49)62-41-53-11-3-6-18-61(53)64-62/h1-41H. The summed E-state index contributed by atoms with van der Waals surface area (Å²) in [5.74, 6) is 0.879. The highest BCUT2D eigenvalue weighted by Crippen LogP contribution is 2.40. The molecule has 0 N–H and O–H groups in total. The van der Waals surface area contributed by atoms with Crippen LogP contribution in [0.2, 0.25) is 0 Å². The van der Waals surface area contributed by atoms with Gasteiger partial charge in [0.25, 0.3) is 0 Å². The zero-order valence-corrected chi connectivity index (χ0v) is 35.0. The van der Waals surface area contributed by atoms with Crippen molar-refractivity contribution in [2.45, 2.75) is 0 Å². The van der Waals surface area contributed by atoms with Gasteiger partial charge in [-0.15, -0.1) is 0 Å². The second-order valence-electron chi connectivity index (χ2n) is 16.5. The van der Waals surface area contributed by atoms with Crippen LogP contribution in [-0.4, -0.2) is 0 Å². The Hall–Kier alpha value is -8.46. The smallest absolute Gasteiger partial charge is 0.135 e. The summed E-state index contributed by atoms with van der Waals surface area (Å²) in [6.45, 7) is 0. The Kier molecular flexibility index (Phi) is 9.20. The first-order valence-electron chi connectivity index (χ1n) is 21.9. The van der Waals surface area contributed by atoms with Crippen molar-refractivity contribution < 1.29 is 4.42 Å². The molecule has 64 heavy (non-hydrogen) atoms. The van der Waals surface area contributed by atoms with E-state index in [4.69, 9.17) is 4.42 Å². The predicted octanol–water partition coefficient (Wildman–Crippen LogP) is 17.7. The van der Waals surface area contributed by atoms with E-state index in [0.717, 1.165) is 56.0 Å². The molecule has 0 unspecified atom stereocenters.